The third kappa shape index (κ3) is 6.43. The molecule has 0 radical (unpaired) electrons. The highest BCUT2D eigenvalue weighted by molar-refractivity contribution is 6.14. The summed E-state index contributed by atoms with van der Waals surface area (Å²) in [5, 5.41) is 0. The van der Waals surface area contributed by atoms with Crippen LogP contribution in [-0.2, 0) is 47.7 Å². The Morgan fingerprint density at radius 2 is 0.841 bits per heavy atom. The van der Waals surface area contributed by atoms with Crippen molar-refractivity contribution in [2.75, 3.05) is 0 Å². The van der Waals surface area contributed by atoms with Crippen molar-refractivity contribution in [2.24, 2.45) is 23.7 Å². The van der Waals surface area contributed by atoms with Crippen LogP contribution in [0.4, 0.5) is 0 Å². The molecule has 2 saturated heterocycles. The maximum Gasteiger partial charge on any atom is 0.346 e. The maximum atomic E-state index is 11.0. The van der Waals surface area contributed by atoms with Crippen molar-refractivity contribution in [3.63, 3.8) is 0 Å². The molecule has 1 aromatic rings. The van der Waals surface area contributed by atoms with E-state index in [-0.39, 0.29) is 47.5 Å². The van der Waals surface area contributed by atoms with Gasteiger partial charge in [0.25, 0.3) is 0 Å². The molecule has 3 fully saturated rings. The number of carbonyl (C=O) groups is 8. The van der Waals surface area contributed by atoms with Crippen molar-refractivity contribution >= 4 is 47.8 Å². The minimum absolute atomic E-state index is 0.101. The fourth-order valence-corrected chi connectivity index (χ4v) is 6.13. The first-order valence-corrected chi connectivity index (χ1v) is 14.7. The zero-order chi connectivity index (χ0) is 31.4. The van der Waals surface area contributed by atoms with Crippen molar-refractivity contribution in [1.29, 1.82) is 0 Å². The van der Waals surface area contributed by atoms with Gasteiger partial charge in [-0.15, -0.1) is 0 Å². The third-order valence-corrected chi connectivity index (χ3v) is 8.51. The van der Waals surface area contributed by atoms with Crippen LogP contribution in [0.2, 0.25) is 0 Å². The number of hydrogen-bond acceptors (Lipinski definition) is 12. The van der Waals surface area contributed by atoms with E-state index in [2.05, 4.69) is 18.9 Å². The number of allylic oxidation sites excluding steroid dienone is 2. The van der Waals surface area contributed by atoms with Gasteiger partial charge in [-0.3, -0.25) is 19.2 Å². The molecule has 0 aromatic heterocycles. The smallest absolute Gasteiger partial charge is 0.346 e. The highest BCUT2D eigenvalue weighted by Gasteiger charge is 2.45. The molecule has 0 amide bonds. The lowest BCUT2D eigenvalue weighted by Crippen LogP contribution is -2.21. The Labute approximate surface area is 251 Å². The van der Waals surface area contributed by atoms with Gasteiger partial charge >= 0.3 is 47.8 Å². The largest absolute Gasteiger partial charge is 0.393 e. The summed E-state index contributed by atoms with van der Waals surface area (Å²) in [7, 11) is 0. The fraction of sp³-hybridized carbons (Fsp3) is 0.438. The number of hydrogen-bond donors (Lipinski definition) is 0. The zero-order valence-electron chi connectivity index (χ0n) is 23.7. The summed E-state index contributed by atoms with van der Waals surface area (Å²) in [4.78, 5) is 87.3. The number of esters is 8. The molecule has 1 aromatic carbocycles. The molecule has 4 unspecified atom stereocenters. The van der Waals surface area contributed by atoms with Crippen LogP contribution in [0, 0.1) is 23.7 Å². The molecule has 0 N–H and O–H groups in total. The quantitative estimate of drug-likeness (QED) is 0.182. The second-order valence-electron chi connectivity index (χ2n) is 11.2. The van der Waals surface area contributed by atoms with E-state index >= 15 is 0 Å². The molecule has 230 valence electrons. The maximum absolute atomic E-state index is 11.0. The van der Waals surface area contributed by atoms with Crippen LogP contribution in [0.15, 0.2) is 47.6 Å². The lowest BCUT2D eigenvalue weighted by Gasteiger charge is -2.18. The minimum Gasteiger partial charge on any atom is -0.393 e. The fourth-order valence-electron chi connectivity index (χ4n) is 6.13. The van der Waals surface area contributed by atoms with Crippen LogP contribution in [0.1, 0.15) is 84.9 Å². The van der Waals surface area contributed by atoms with E-state index in [9.17, 15) is 38.4 Å². The predicted molar refractivity (Wildman–Crippen MR) is 146 cm³/mol. The van der Waals surface area contributed by atoms with E-state index in [1.54, 1.807) is 24.3 Å². The second-order valence-corrected chi connectivity index (χ2v) is 11.2. The molecule has 3 aliphatic carbocycles. The topological polar surface area (TPSA) is 173 Å². The van der Waals surface area contributed by atoms with Gasteiger partial charge in [-0.05, 0) is 63.5 Å². The van der Waals surface area contributed by atoms with E-state index in [0.29, 0.717) is 35.1 Å². The molecule has 0 bridgehead atoms. The van der Waals surface area contributed by atoms with Gasteiger partial charge in [-0.1, -0.05) is 37.1 Å². The molecule has 12 nitrogen and oxygen atoms in total. The Morgan fingerprint density at radius 1 is 0.455 bits per heavy atom. The molecule has 12 heteroatoms. The van der Waals surface area contributed by atoms with Gasteiger partial charge < -0.3 is 18.9 Å². The van der Waals surface area contributed by atoms with Crippen LogP contribution in [0.5, 0.6) is 0 Å². The van der Waals surface area contributed by atoms with Crippen molar-refractivity contribution < 1.29 is 57.3 Å². The summed E-state index contributed by atoms with van der Waals surface area (Å²) in [5.41, 5.74) is 1.97. The van der Waals surface area contributed by atoms with Gasteiger partial charge in [0.1, 0.15) is 0 Å². The number of ether oxygens (including phenoxy) is 4. The van der Waals surface area contributed by atoms with Crippen LogP contribution in [-0.4, -0.2) is 47.8 Å². The minimum atomic E-state index is -0.550. The van der Waals surface area contributed by atoms with Crippen LogP contribution in [0.25, 0.3) is 0 Å². The summed E-state index contributed by atoms with van der Waals surface area (Å²) in [6.45, 7) is 0. The normalized spacial score (nSPS) is 27.5. The van der Waals surface area contributed by atoms with Gasteiger partial charge in [0.15, 0.2) is 0 Å². The Balaban J connectivity index is 0.000000116. The molecular weight excluding hydrogens is 576 g/mol. The first-order valence-electron chi connectivity index (χ1n) is 14.7. The van der Waals surface area contributed by atoms with Gasteiger partial charge in [0, 0.05) is 11.1 Å². The summed E-state index contributed by atoms with van der Waals surface area (Å²) >= 11 is 0. The molecule has 44 heavy (non-hydrogen) atoms. The summed E-state index contributed by atoms with van der Waals surface area (Å²) in [6, 6.07) is 6.53. The highest BCUT2D eigenvalue weighted by Crippen LogP contribution is 2.36. The molecule has 4 heterocycles. The number of rotatable bonds is 0. The van der Waals surface area contributed by atoms with Gasteiger partial charge in [0.2, 0.25) is 0 Å². The van der Waals surface area contributed by atoms with E-state index in [4.69, 9.17) is 0 Å². The first kappa shape index (κ1) is 30.7. The molecule has 7 aliphatic rings. The van der Waals surface area contributed by atoms with Crippen LogP contribution < -0.4 is 0 Å². The average Bonchev–Trinajstić information content (AvgIpc) is 3.71. The molecule has 4 atom stereocenters. The molecule has 8 rings (SSSR count). The SMILES string of the molecule is O=C1OC(=O)C2=C1CCCC2.O=C1OC(=O)C2CC=CCC12.O=C1OC(=O)C2CCCCC12.O=C1OC(=O)c2ccccc21. The van der Waals surface area contributed by atoms with E-state index in [0.717, 1.165) is 51.4 Å². The second kappa shape index (κ2) is 13.3. The van der Waals surface area contributed by atoms with E-state index in [1.165, 1.54) is 0 Å². The van der Waals surface area contributed by atoms with E-state index < -0.39 is 23.9 Å². The Bertz CT molecular complexity index is 1390. The Kier molecular flexibility index (Phi) is 9.26. The third-order valence-electron chi connectivity index (χ3n) is 8.51. The lowest BCUT2D eigenvalue weighted by atomic mass is 9.81. The number of cyclic esters (lactones) is 8. The number of carbonyl (C=O) groups excluding carboxylic acids is 8. The number of fused-ring (bicyclic) bond motifs is 3. The van der Waals surface area contributed by atoms with Crippen LogP contribution in [0.3, 0.4) is 0 Å². The van der Waals surface area contributed by atoms with Gasteiger partial charge in [0.05, 0.1) is 34.8 Å². The Hall–Kier alpha value is -4.74. The van der Waals surface area contributed by atoms with Gasteiger partial charge in [-0.2, -0.15) is 0 Å². The monoisotopic (exact) mass is 606 g/mol. The molecule has 1 saturated carbocycles. The zero-order valence-corrected chi connectivity index (χ0v) is 23.7. The molecule has 4 aliphatic heterocycles. The average molecular weight is 607 g/mol. The van der Waals surface area contributed by atoms with E-state index in [1.807, 2.05) is 12.2 Å². The highest BCUT2D eigenvalue weighted by atomic mass is 16.6. The van der Waals surface area contributed by atoms with Crippen LogP contribution >= 0.6 is 0 Å². The van der Waals surface area contributed by atoms with Crippen molar-refractivity contribution in [1.82, 2.24) is 0 Å². The van der Waals surface area contributed by atoms with Crippen molar-refractivity contribution in [2.45, 2.75) is 64.2 Å². The standard InChI is InChI=1S/C8H10O3.2C8H8O3.C8H4O3/c4*9-7-5-3-1-2-4-6(5)8(10)11-7/h5-6H,1-4H2;1-4H2;1-2,5-6H,3-4H2;1-4H. The molecule has 0 spiro atoms. The summed E-state index contributed by atoms with van der Waals surface area (Å²) in [6.07, 6.45) is 12.4. The lowest BCUT2D eigenvalue weighted by molar-refractivity contribution is -0.155. The van der Waals surface area contributed by atoms with Gasteiger partial charge in [-0.25, -0.2) is 19.2 Å². The first-order chi connectivity index (χ1) is 21.2. The molecular formula is C32H30O12. The van der Waals surface area contributed by atoms with Crippen molar-refractivity contribution in [3.8, 4) is 0 Å². The Morgan fingerprint density at radius 3 is 1.27 bits per heavy atom. The summed E-state index contributed by atoms with van der Waals surface area (Å²) in [5.74, 6) is -3.77. The number of benzene rings is 1. The van der Waals surface area contributed by atoms with Crippen molar-refractivity contribution in [3.05, 3.63) is 58.7 Å². The predicted octanol–water partition coefficient (Wildman–Crippen LogP) is 3.47. The summed E-state index contributed by atoms with van der Waals surface area (Å²) < 4.78 is 17.8.